The topological polar surface area (TPSA) is 86.5 Å². The third-order valence-electron chi connectivity index (χ3n) is 3.06. The van der Waals surface area contributed by atoms with Gasteiger partial charge in [0.1, 0.15) is 0 Å². The molecule has 0 aromatic heterocycles. The number of halogens is 1. The minimum atomic E-state index is -3.86. The Morgan fingerprint density at radius 3 is 2.45 bits per heavy atom. The molecule has 0 aliphatic heterocycles. The van der Waals surface area contributed by atoms with Gasteiger partial charge in [0.15, 0.2) is 9.84 Å². The molecule has 0 radical (unpaired) electrons. The minimum absolute atomic E-state index is 0.172. The number of hydrogen-bond acceptors (Lipinski definition) is 5. The zero-order valence-corrected chi connectivity index (χ0v) is 12.9. The summed E-state index contributed by atoms with van der Waals surface area (Å²) in [5, 5.41) is 0. The quantitative estimate of drug-likeness (QED) is 0.636. The second kappa shape index (κ2) is 6.56. The van der Waals surface area contributed by atoms with Gasteiger partial charge in [-0.15, -0.1) is 0 Å². The highest BCUT2D eigenvalue weighted by molar-refractivity contribution is 7.94. The highest BCUT2D eigenvalue weighted by Gasteiger charge is 2.45. The molecule has 0 spiro atoms. The highest BCUT2D eigenvalue weighted by atomic mass is 35.5. The summed E-state index contributed by atoms with van der Waals surface area (Å²) in [6, 6.07) is 8.69. The standard InChI is InChI=1S/C13H18ClNO4S/c1-13(14,12(16)19-2)20(17,18)9-8-11(15)10-6-4-3-5-7-10/h3-7,11H,8-9,15H2,1-2H3. The van der Waals surface area contributed by atoms with Crippen LogP contribution in [0.25, 0.3) is 0 Å². The van der Waals surface area contributed by atoms with Crippen LogP contribution in [0.15, 0.2) is 30.3 Å². The lowest BCUT2D eigenvalue weighted by Crippen LogP contribution is -2.41. The van der Waals surface area contributed by atoms with E-state index in [1.807, 2.05) is 30.3 Å². The SMILES string of the molecule is COC(=O)C(C)(Cl)S(=O)(=O)CCC(N)c1ccccc1. The molecular weight excluding hydrogens is 302 g/mol. The summed E-state index contributed by atoms with van der Waals surface area (Å²) in [4.78, 5) is 11.4. The van der Waals surface area contributed by atoms with Crippen molar-refractivity contribution in [3.05, 3.63) is 35.9 Å². The first-order chi connectivity index (χ1) is 9.22. The summed E-state index contributed by atoms with van der Waals surface area (Å²) < 4.78 is 26.5. The Bertz CT molecular complexity index is 557. The van der Waals surface area contributed by atoms with Gasteiger partial charge in [0, 0.05) is 6.04 Å². The normalized spacial score (nSPS) is 16.2. The van der Waals surface area contributed by atoms with Crippen LogP contribution in [0, 0.1) is 0 Å². The predicted molar refractivity (Wildman–Crippen MR) is 78.0 cm³/mol. The maximum Gasteiger partial charge on any atom is 0.342 e. The van der Waals surface area contributed by atoms with E-state index in [1.54, 1.807) is 0 Å². The average Bonchev–Trinajstić information content (AvgIpc) is 2.44. The van der Waals surface area contributed by atoms with Crippen molar-refractivity contribution in [2.75, 3.05) is 12.9 Å². The lowest BCUT2D eigenvalue weighted by molar-refractivity contribution is -0.140. The van der Waals surface area contributed by atoms with Crippen LogP contribution in [0.1, 0.15) is 24.9 Å². The molecule has 1 aromatic rings. The van der Waals surface area contributed by atoms with Gasteiger partial charge < -0.3 is 10.5 Å². The first-order valence-corrected chi connectivity index (χ1v) is 8.05. The summed E-state index contributed by atoms with van der Waals surface area (Å²) in [5.41, 5.74) is 6.76. The number of alkyl halides is 1. The molecule has 0 bridgehead atoms. The van der Waals surface area contributed by atoms with E-state index in [4.69, 9.17) is 17.3 Å². The van der Waals surface area contributed by atoms with Crippen LogP contribution in [-0.2, 0) is 19.4 Å². The Morgan fingerprint density at radius 2 is 1.95 bits per heavy atom. The summed E-state index contributed by atoms with van der Waals surface area (Å²) in [6.45, 7) is 1.11. The number of hydrogen-bond donors (Lipinski definition) is 1. The lowest BCUT2D eigenvalue weighted by Gasteiger charge is -2.20. The molecule has 7 heteroatoms. The van der Waals surface area contributed by atoms with Gasteiger partial charge in [-0.1, -0.05) is 41.9 Å². The van der Waals surface area contributed by atoms with Gasteiger partial charge in [-0.2, -0.15) is 0 Å². The van der Waals surface area contributed by atoms with Gasteiger partial charge in [0.25, 0.3) is 0 Å². The third kappa shape index (κ3) is 3.71. The number of esters is 1. The van der Waals surface area contributed by atoms with Crippen LogP contribution < -0.4 is 5.73 Å². The zero-order chi connectivity index (χ0) is 15.4. The molecule has 2 N–H and O–H groups in total. The van der Waals surface area contributed by atoms with Crippen molar-refractivity contribution >= 4 is 27.4 Å². The molecular formula is C13H18ClNO4S. The van der Waals surface area contributed by atoms with Crippen LogP contribution in [0.4, 0.5) is 0 Å². The number of methoxy groups -OCH3 is 1. The number of benzene rings is 1. The van der Waals surface area contributed by atoms with Crippen LogP contribution in [0.2, 0.25) is 0 Å². The van der Waals surface area contributed by atoms with E-state index in [0.717, 1.165) is 19.6 Å². The molecule has 0 aliphatic rings. The molecule has 1 rings (SSSR count). The van der Waals surface area contributed by atoms with Crippen molar-refractivity contribution in [3.8, 4) is 0 Å². The molecule has 0 saturated carbocycles. The molecule has 5 nitrogen and oxygen atoms in total. The van der Waals surface area contributed by atoms with E-state index in [2.05, 4.69) is 4.74 Å². The van der Waals surface area contributed by atoms with Gasteiger partial charge in [-0.25, -0.2) is 13.2 Å². The molecule has 0 amide bonds. The third-order valence-corrected chi connectivity index (χ3v) is 6.03. The predicted octanol–water partition coefficient (Wildman–Crippen LogP) is 1.62. The number of carbonyl (C=O) groups excluding carboxylic acids is 1. The van der Waals surface area contributed by atoms with Crippen LogP contribution in [0.5, 0.6) is 0 Å². The second-order valence-corrected chi connectivity index (χ2v) is 7.97. The number of ether oxygens (including phenoxy) is 1. The molecule has 2 unspecified atom stereocenters. The first kappa shape index (κ1) is 16.9. The Kier molecular flexibility index (Phi) is 5.56. The maximum atomic E-state index is 12.1. The smallest absolute Gasteiger partial charge is 0.342 e. The largest absolute Gasteiger partial charge is 0.467 e. The van der Waals surface area contributed by atoms with Crippen LogP contribution >= 0.6 is 11.6 Å². The van der Waals surface area contributed by atoms with E-state index >= 15 is 0 Å². The maximum absolute atomic E-state index is 12.1. The lowest BCUT2D eigenvalue weighted by atomic mass is 10.1. The number of rotatable bonds is 6. The van der Waals surface area contributed by atoms with Crippen molar-refractivity contribution in [2.45, 2.75) is 23.6 Å². The second-order valence-electron chi connectivity index (χ2n) is 4.53. The number of nitrogens with two attached hydrogens (primary N) is 1. The van der Waals surface area contributed by atoms with Gasteiger partial charge in [0.2, 0.25) is 4.21 Å². The summed E-state index contributed by atoms with van der Waals surface area (Å²) >= 11 is 5.80. The monoisotopic (exact) mass is 319 g/mol. The van der Waals surface area contributed by atoms with E-state index < -0.39 is 26.1 Å². The Morgan fingerprint density at radius 1 is 1.40 bits per heavy atom. The molecule has 20 heavy (non-hydrogen) atoms. The van der Waals surface area contributed by atoms with E-state index in [-0.39, 0.29) is 12.2 Å². The van der Waals surface area contributed by atoms with Gasteiger partial charge in [-0.3, -0.25) is 0 Å². The molecule has 0 aliphatic carbocycles. The number of carbonyl (C=O) groups is 1. The molecule has 112 valence electrons. The van der Waals surface area contributed by atoms with E-state index in [0.29, 0.717) is 0 Å². The number of sulfone groups is 1. The molecule has 1 aromatic carbocycles. The summed E-state index contributed by atoms with van der Waals surface area (Å²) in [5.74, 6) is -1.29. The Labute approximate surface area is 124 Å². The Balaban J connectivity index is 2.76. The van der Waals surface area contributed by atoms with Gasteiger partial charge >= 0.3 is 5.97 Å². The first-order valence-electron chi connectivity index (χ1n) is 6.02. The van der Waals surface area contributed by atoms with Crippen molar-refractivity contribution in [3.63, 3.8) is 0 Å². The molecule has 0 fully saturated rings. The average molecular weight is 320 g/mol. The Hall–Kier alpha value is -1.11. The highest BCUT2D eigenvalue weighted by Crippen LogP contribution is 2.27. The van der Waals surface area contributed by atoms with E-state index in [1.165, 1.54) is 0 Å². The fourth-order valence-electron chi connectivity index (χ4n) is 1.65. The fraction of sp³-hybridized carbons (Fsp3) is 0.462. The zero-order valence-electron chi connectivity index (χ0n) is 11.4. The van der Waals surface area contributed by atoms with E-state index in [9.17, 15) is 13.2 Å². The van der Waals surface area contributed by atoms with Crippen molar-refractivity contribution < 1.29 is 17.9 Å². The van der Waals surface area contributed by atoms with Crippen molar-refractivity contribution in [1.29, 1.82) is 0 Å². The molecule has 0 heterocycles. The molecule has 0 saturated heterocycles. The summed E-state index contributed by atoms with van der Waals surface area (Å²) in [6.07, 6.45) is 0.172. The van der Waals surface area contributed by atoms with Gasteiger partial charge in [0.05, 0.1) is 12.9 Å². The minimum Gasteiger partial charge on any atom is -0.467 e. The van der Waals surface area contributed by atoms with Crippen LogP contribution in [-0.4, -0.2) is 31.5 Å². The molecule has 2 atom stereocenters. The van der Waals surface area contributed by atoms with Crippen LogP contribution in [0.3, 0.4) is 0 Å². The fourth-order valence-corrected chi connectivity index (χ4v) is 3.24. The van der Waals surface area contributed by atoms with Crippen molar-refractivity contribution in [1.82, 2.24) is 0 Å². The van der Waals surface area contributed by atoms with Crippen molar-refractivity contribution in [2.24, 2.45) is 5.73 Å². The van der Waals surface area contributed by atoms with Gasteiger partial charge in [-0.05, 0) is 18.9 Å². The summed E-state index contributed by atoms with van der Waals surface area (Å²) in [7, 11) is -2.77.